The molecular formula is C17H19N7O2. The molecule has 9 heteroatoms. The van der Waals surface area contributed by atoms with Crippen molar-refractivity contribution in [3.8, 4) is 0 Å². The lowest BCUT2D eigenvalue weighted by atomic mass is 10.2. The van der Waals surface area contributed by atoms with Gasteiger partial charge in [0.15, 0.2) is 0 Å². The number of aromatic nitrogens is 4. The molecule has 1 amide bonds. The van der Waals surface area contributed by atoms with E-state index in [1.807, 2.05) is 25.1 Å². The number of pyridine rings is 1. The van der Waals surface area contributed by atoms with Crippen LogP contribution >= 0.6 is 0 Å². The smallest absolute Gasteiger partial charge is 0.256 e. The van der Waals surface area contributed by atoms with Gasteiger partial charge in [0, 0.05) is 25.4 Å². The average Bonchev–Trinajstić information content (AvgIpc) is 3.05. The number of hydrogen-bond donors (Lipinski definition) is 3. The minimum Gasteiger partial charge on any atom is -0.368 e. The Hall–Kier alpha value is -3.49. The van der Waals surface area contributed by atoms with Crippen LogP contribution in [0.3, 0.4) is 0 Å². The quantitative estimate of drug-likeness (QED) is 0.553. The Kier molecular flexibility index (Phi) is 5.37. The molecule has 0 saturated carbocycles. The normalized spacial score (nSPS) is 10.4. The van der Waals surface area contributed by atoms with Crippen LogP contribution in [0.25, 0.3) is 0 Å². The third-order valence-electron chi connectivity index (χ3n) is 3.47. The summed E-state index contributed by atoms with van der Waals surface area (Å²) in [4.78, 5) is 24.9. The maximum atomic E-state index is 12.0. The summed E-state index contributed by atoms with van der Waals surface area (Å²) in [6.45, 7) is 4.44. The average molecular weight is 353 g/mol. The number of hydrogen-bond acceptors (Lipinski definition) is 8. The van der Waals surface area contributed by atoms with Gasteiger partial charge in [-0.2, -0.15) is 0 Å². The summed E-state index contributed by atoms with van der Waals surface area (Å²) in [7, 11) is 0. The molecule has 3 N–H and O–H groups in total. The molecule has 26 heavy (non-hydrogen) atoms. The van der Waals surface area contributed by atoms with E-state index in [0.29, 0.717) is 47.7 Å². The van der Waals surface area contributed by atoms with Crippen molar-refractivity contribution in [1.29, 1.82) is 0 Å². The lowest BCUT2D eigenvalue weighted by Crippen LogP contribution is -2.29. The van der Waals surface area contributed by atoms with E-state index >= 15 is 0 Å². The molecule has 0 saturated heterocycles. The van der Waals surface area contributed by atoms with Gasteiger partial charge in [0.25, 0.3) is 5.91 Å². The van der Waals surface area contributed by atoms with Gasteiger partial charge in [0.1, 0.15) is 34.6 Å². The fourth-order valence-corrected chi connectivity index (χ4v) is 2.27. The molecule has 0 bridgehead atoms. The highest BCUT2D eigenvalue weighted by Crippen LogP contribution is 2.15. The van der Waals surface area contributed by atoms with Crippen LogP contribution in [0.5, 0.6) is 0 Å². The highest BCUT2D eigenvalue weighted by molar-refractivity contribution is 5.94. The Morgan fingerprint density at radius 2 is 1.96 bits per heavy atom. The summed E-state index contributed by atoms with van der Waals surface area (Å²) in [5, 5.41) is 12.7. The van der Waals surface area contributed by atoms with E-state index in [1.54, 1.807) is 19.2 Å². The van der Waals surface area contributed by atoms with Crippen molar-refractivity contribution in [3.63, 3.8) is 0 Å². The molecule has 0 unspecified atom stereocenters. The topological polar surface area (TPSA) is 118 Å². The monoisotopic (exact) mass is 353 g/mol. The van der Waals surface area contributed by atoms with Crippen LogP contribution in [-0.2, 0) is 0 Å². The second kappa shape index (κ2) is 8.06. The third-order valence-corrected chi connectivity index (χ3v) is 3.47. The lowest BCUT2D eigenvalue weighted by Gasteiger charge is -2.10. The van der Waals surface area contributed by atoms with Crippen LogP contribution < -0.4 is 16.0 Å². The van der Waals surface area contributed by atoms with Gasteiger partial charge in [-0.05, 0) is 26.0 Å². The fourth-order valence-electron chi connectivity index (χ4n) is 2.27. The number of carbonyl (C=O) groups excluding carboxylic acids is 1. The van der Waals surface area contributed by atoms with Crippen molar-refractivity contribution in [2.24, 2.45) is 0 Å². The Balaban J connectivity index is 1.53. The first-order valence-corrected chi connectivity index (χ1v) is 8.09. The summed E-state index contributed by atoms with van der Waals surface area (Å²) in [6, 6.07) is 7.38. The molecule has 134 valence electrons. The predicted molar refractivity (Wildman–Crippen MR) is 96.4 cm³/mol. The molecule has 0 fully saturated rings. The molecule has 0 atom stereocenters. The largest absolute Gasteiger partial charge is 0.368 e. The van der Waals surface area contributed by atoms with E-state index in [4.69, 9.17) is 4.52 Å². The van der Waals surface area contributed by atoms with Gasteiger partial charge in [-0.15, -0.1) is 0 Å². The van der Waals surface area contributed by atoms with Crippen molar-refractivity contribution >= 4 is 23.4 Å². The molecule has 3 heterocycles. The van der Waals surface area contributed by atoms with Gasteiger partial charge in [-0.1, -0.05) is 11.2 Å². The Morgan fingerprint density at radius 3 is 2.69 bits per heavy atom. The zero-order chi connectivity index (χ0) is 18.4. The molecule has 3 aromatic heterocycles. The molecule has 0 radical (unpaired) electrons. The van der Waals surface area contributed by atoms with Gasteiger partial charge < -0.3 is 20.5 Å². The molecule has 0 aromatic carbocycles. The van der Waals surface area contributed by atoms with E-state index in [1.165, 1.54) is 6.20 Å². The van der Waals surface area contributed by atoms with Crippen LogP contribution in [0.15, 0.2) is 41.2 Å². The SMILES string of the molecule is Cc1nc(NCCNC(=O)c2cnoc2C)cc(Nc2ccccn2)n1. The Morgan fingerprint density at radius 1 is 1.12 bits per heavy atom. The zero-order valence-corrected chi connectivity index (χ0v) is 14.5. The first-order chi connectivity index (χ1) is 12.6. The van der Waals surface area contributed by atoms with Gasteiger partial charge in [-0.3, -0.25) is 4.79 Å². The molecule has 3 aromatic rings. The van der Waals surface area contributed by atoms with Crippen LogP contribution in [0.4, 0.5) is 17.5 Å². The van der Waals surface area contributed by atoms with Gasteiger partial charge in [-0.25, -0.2) is 15.0 Å². The molecule has 0 aliphatic carbocycles. The van der Waals surface area contributed by atoms with Crippen molar-refractivity contribution in [2.45, 2.75) is 13.8 Å². The van der Waals surface area contributed by atoms with E-state index in [9.17, 15) is 4.79 Å². The van der Waals surface area contributed by atoms with Crippen LogP contribution in [-0.4, -0.2) is 39.1 Å². The number of rotatable bonds is 7. The van der Waals surface area contributed by atoms with Crippen molar-refractivity contribution < 1.29 is 9.32 Å². The fraction of sp³-hybridized carbons (Fsp3) is 0.235. The zero-order valence-electron chi connectivity index (χ0n) is 14.5. The van der Waals surface area contributed by atoms with Gasteiger partial charge in [0.2, 0.25) is 0 Å². The number of nitrogens with zero attached hydrogens (tertiary/aromatic N) is 4. The highest BCUT2D eigenvalue weighted by atomic mass is 16.5. The van der Waals surface area contributed by atoms with Crippen LogP contribution in [0, 0.1) is 13.8 Å². The number of carbonyl (C=O) groups is 1. The number of anilines is 3. The molecule has 0 aliphatic heterocycles. The minimum atomic E-state index is -0.220. The minimum absolute atomic E-state index is 0.220. The molecule has 0 aliphatic rings. The Labute approximate surface area is 150 Å². The second-order valence-electron chi connectivity index (χ2n) is 5.50. The maximum absolute atomic E-state index is 12.0. The number of aryl methyl sites for hydroxylation is 2. The summed E-state index contributed by atoms with van der Waals surface area (Å²) in [6.07, 6.45) is 3.11. The first kappa shape index (κ1) is 17.3. The van der Waals surface area contributed by atoms with Crippen molar-refractivity contribution in [2.75, 3.05) is 23.7 Å². The first-order valence-electron chi connectivity index (χ1n) is 8.09. The molecule has 3 rings (SSSR count). The third kappa shape index (κ3) is 4.53. The van der Waals surface area contributed by atoms with E-state index in [-0.39, 0.29) is 5.91 Å². The van der Waals surface area contributed by atoms with Crippen LogP contribution in [0.2, 0.25) is 0 Å². The molecule has 9 nitrogen and oxygen atoms in total. The number of amides is 1. The standard InChI is InChI=1S/C17H19N7O2/c1-11-13(10-21-26-11)17(25)20-8-7-19-15-9-16(23-12(2)22-15)24-14-5-3-4-6-18-14/h3-6,9-10H,7-8H2,1-2H3,(H,20,25)(H2,18,19,22,23,24). The highest BCUT2D eigenvalue weighted by Gasteiger charge is 2.11. The number of nitrogens with one attached hydrogen (secondary N) is 3. The van der Waals surface area contributed by atoms with E-state index in [2.05, 4.69) is 36.1 Å². The van der Waals surface area contributed by atoms with Gasteiger partial charge in [0.05, 0.1) is 6.20 Å². The van der Waals surface area contributed by atoms with E-state index in [0.717, 1.165) is 0 Å². The van der Waals surface area contributed by atoms with Gasteiger partial charge >= 0.3 is 0 Å². The summed E-state index contributed by atoms with van der Waals surface area (Å²) >= 11 is 0. The molecular weight excluding hydrogens is 334 g/mol. The second-order valence-corrected chi connectivity index (χ2v) is 5.50. The lowest BCUT2D eigenvalue weighted by molar-refractivity contribution is 0.0953. The van der Waals surface area contributed by atoms with Crippen molar-refractivity contribution in [1.82, 2.24) is 25.4 Å². The predicted octanol–water partition coefficient (Wildman–Crippen LogP) is 2.06. The summed E-state index contributed by atoms with van der Waals surface area (Å²) in [5.41, 5.74) is 0.435. The summed E-state index contributed by atoms with van der Waals surface area (Å²) < 4.78 is 4.88. The Bertz CT molecular complexity index is 880. The maximum Gasteiger partial charge on any atom is 0.256 e. The molecule has 0 spiro atoms. The van der Waals surface area contributed by atoms with E-state index < -0.39 is 0 Å². The summed E-state index contributed by atoms with van der Waals surface area (Å²) in [5.74, 6) is 2.90. The van der Waals surface area contributed by atoms with Crippen molar-refractivity contribution in [3.05, 3.63) is 53.8 Å². The van der Waals surface area contributed by atoms with Crippen LogP contribution in [0.1, 0.15) is 21.9 Å².